The van der Waals surface area contributed by atoms with E-state index in [0.717, 1.165) is 48.5 Å². The number of aromatic nitrogens is 4. The number of carbonyl (C=O) groups is 1. The fourth-order valence-electron chi connectivity index (χ4n) is 4.71. The maximum Gasteiger partial charge on any atom is 0.329 e. The molecule has 10 heteroatoms. The van der Waals surface area contributed by atoms with Crippen molar-refractivity contribution in [2.24, 2.45) is 11.8 Å². The molecule has 2 aliphatic rings. The Balaban J connectivity index is 1.21. The molecule has 5 rings (SSSR count). The number of hydrogen-bond acceptors (Lipinski definition) is 7. The summed E-state index contributed by atoms with van der Waals surface area (Å²) in [6, 6.07) is 4.82. The van der Waals surface area contributed by atoms with Gasteiger partial charge in [-0.05, 0) is 36.8 Å². The van der Waals surface area contributed by atoms with Gasteiger partial charge in [0.2, 0.25) is 5.13 Å². The molecule has 2 amide bonds. The summed E-state index contributed by atoms with van der Waals surface area (Å²) in [5, 5.41) is 4.46. The Labute approximate surface area is 172 Å². The number of rotatable bonds is 4. The number of aromatic amines is 1. The maximum atomic E-state index is 12.6. The summed E-state index contributed by atoms with van der Waals surface area (Å²) >= 11 is 1.13. The number of nitrogens with one attached hydrogen (secondary N) is 2. The summed E-state index contributed by atoms with van der Waals surface area (Å²) in [4.78, 5) is 28.6. The van der Waals surface area contributed by atoms with Crippen LogP contribution in [0.15, 0.2) is 24.5 Å². The number of hydrogen-bond donors (Lipinski definition) is 2. The monoisotopic (exact) mass is 413 g/mol. The van der Waals surface area contributed by atoms with Crippen molar-refractivity contribution >= 4 is 39.4 Å². The number of pyridine rings is 1. The predicted octanol–water partition coefficient (Wildman–Crippen LogP) is 2.80. The normalized spacial score (nSPS) is 23.4. The summed E-state index contributed by atoms with van der Waals surface area (Å²) < 4.78 is 8.98. The summed E-state index contributed by atoms with van der Waals surface area (Å²) in [6.45, 7) is 1.57. The molecule has 29 heavy (non-hydrogen) atoms. The van der Waals surface area contributed by atoms with Crippen molar-refractivity contribution in [3.05, 3.63) is 24.5 Å². The van der Waals surface area contributed by atoms with E-state index in [1.54, 1.807) is 0 Å². The highest BCUT2D eigenvalue weighted by Gasteiger charge is 2.43. The molecule has 0 radical (unpaired) electrons. The van der Waals surface area contributed by atoms with Crippen molar-refractivity contribution in [1.29, 1.82) is 0 Å². The molecular formula is C19H23N7O2S. The van der Waals surface area contributed by atoms with Crippen LogP contribution in [0.2, 0.25) is 0 Å². The number of likely N-dealkylation sites (tertiary alicyclic amines) is 1. The van der Waals surface area contributed by atoms with Gasteiger partial charge >= 0.3 is 12.0 Å². The van der Waals surface area contributed by atoms with Gasteiger partial charge in [-0.2, -0.15) is 4.98 Å². The molecule has 2 N–H and O–H groups in total. The first-order valence-corrected chi connectivity index (χ1v) is 10.5. The van der Waals surface area contributed by atoms with Crippen molar-refractivity contribution in [3.8, 4) is 6.01 Å². The minimum Gasteiger partial charge on any atom is -0.466 e. The fraction of sp³-hybridized carbons (Fsp3) is 0.474. The Hall–Kier alpha value is -2.88. The van der Waals surface area contributed by atoms with Gasteiger partial charge in [0.1, 0.15) is 5.65 Å². The average Bonchev–Trinajstić information content (AvgIpc) is 3.48. The molecule has 0 aromatic carbocycles. The number of ether oxygens (including phenoxy) is 1. The first-order chi connectivity index (χ1) is 14.1. The van der Waals surface area contributed by atoms with Crippen LogP contribution < -0.4 is 15.0 Å². The van der Waals surface area contributed by atoms with Gasteiger partial charge in [0.25, 0.3) is 0 Å². The van der Waals surface area contributed by atoms with Crippen LogP contribution in [0.4, 0.5) is 15.6 Å². The molecular weight excluding hydrogens is 390 g/mol. The van der Waals surface area contributed by atoms with E-state index in [1.807, 2.05) is 17.3 Å². The number of urea groups is 1. The van der Waals surface area contributed by atoms with E-state index < -0.39 is 0 Å². The molecule has 152 valence electrons. The maximum absolute atomic E-state index is 12.6. The van der Waals surface area contributed by atoms with Crippen LogP contribution >= 0.6 is 11.5 Å². The van der Waals surface area contributed by atoms with E-state index in [-0.39, 0.29) is 12.0 Å². The first kappa shape index (κ1) is 18.2. The second-order valence-electron chi connectivity index (χ2n) is 7.75. The van der Waals surface area contributed by atoms with Crippen LogP contribution in [-0.2, 0) is 0 Å². The number of anilines is 2. The van der Waals surface area contributed by atoms with Gasteiger partial charge in [0.15, 0.2) is 0 Å². The number of amides is 2. The second kappa shape index (κ2) is 7.18. The topological polar surface area (TPSA) is 99.3 Å². The van der Waals surface area contributed by atoms with Crippen LogP contribution in [0.3, 0.4) is 0 Å². The molecule has 3 aromatic rings. The van der Waals surface area contributed by atoms with E-state index in [4.69, 9.17) is 4.74 Å². The number of methoxy groups -OCH3 is 1. The van der Waals surface area contributed by atoms with Crippen molar-refractivity contribution in [3.63, 3.8) is 0 Å². The number of H-pyrrole nitrogens is 1. The zero-order chi connectivity index (χ0) is 20.0. The predicted molar refractivity (Wildman–Crippen MR) is 112 cm³/mol. The molecule has 1 saturated carbocycles. The van der Waals surface area contributed by atoms with E-state index in [9.17, 15) is 4.79 Å². The van der Waals surface area contributed by atoms with Crippen molar-refractivity contribution in [1.82, 2.24) is 24.2 Å². The molecule has 1 aliphatic carbocycles. The molecule has 1 saturated heterocycles. The summed E-state index contributed by atoms with van der Waals surface area (Å²) in [5.74, 6) is 1.06. The SMILES string of the molecule is COc1nsc(NC(=O)N2CC3C[C@@H](N(C)c4ccnc5[nH]ccc45)C[C@@H]3C2)n1. The molecule has 3 aromatic heterocycles. The molecule has 3 atom stereocenters. The van der Waals surface area contributed by atoms with Crippen molar-refractivity contribution in [2.75, 3.05) is 37.5 Å². The van der Waals surface area contributed by atoms with Gasteiger partial charge in [0, 0.05) is 61.2 Å². The second-order valence-corrected chi connectivity index (χ2v) is 8.50. The Morgan fingerprint density at radius 3 is 2.86 bits per heavy atom. The lowest BCUT2D eigenvalue weighted by Gasteiger charge is -2.29. The summed E-state index contributed by atoms with van der Waals surface area (Å²) in [7, 11) is 3.68. The van der Waals surface area contributed by atoms with Crippen molar-refractivity contribution < 1.29 is 9.53 Å². The molecule has 1 unspecified atom stereocenters. The third-order valence-electron chi connectivity index (χ3n) is 6.18. The molecule has 1 aliphatic heterocycles. The third-order valence-corrected chi connectivity index (χ3v) is 6.80. The quantitative estimate of drug-likeness (QED) is 0.682. The lowest BCUT2D eigenvalue weighted by Crippen LogP contribution is -2.36. The highest BCUT2D eigenvalue weighted by Crippen LogP contribution is 2.42. The van der Waals surface area contributed by atoms with Gasteiger partial charge in [-0.3, -0.25) is 5.32 Å². The van der Waals surface area contributed by atoms with Crippen LogP contribution in [0.1, 0.15) is 12.8 Å². The standard InChI is InChI=1S/C19H23N7O2S/c1-25(15-4-6-21-16-14(15)3-5-20-16)13-7-11-9-26(10-12(11)8-13)19(27)23-18-22-17(28-2)24-29-18/h3-6,11-13H,7-10H2,1-2H3,(H,20,21)(H,22,23,24,27)/t11-,12?,13+/m1/s1. The van der Waals surface area contributed by atoms with Gasteiger partial charge in [-0.1, -0.05) is 0 Å². The lowest BCUT2D eigenvalue weighted by atomic mass is 10.0. The van der Waals surface area contributed by atoms with E-state index in [1.165, 1.54) is 12.8 Å². The number of carbonyl (C=O) groups excluding carboxylic acids is 1. The lowest BCUT2D eigenvalue weighted by molar-refractivity contribution is 0.218. The molecule has 4 heterocycles. The van der Waals surface area contributed by atoms with E-state index in [2.05, 4.69) is 48.7 Å². The fourth-order valence-corrected chi connectivity index (χ4v) is 5.25. The minimum atomic E-state index is -0.105. The average molecular weight is 414 g/mol. The van der Waals surface area contributed by atoms with Gasteiger partial charge in [-0.15, -0.1) is 4.37 Å². The third kappa shape index (κ3) is 3.27. The van der Waals surface area contributed by atoms with Gasteiger partial charge in [0.05, 0.1) is 7.11 Å². The van der Waals surface area contributed by atoms with E-state index in [0.29, 0.717) is 23.0 Å². The smallest absolute Gasteiger partial charge is 0.329 e. The zero-order valence-corrected chi connectivity index (χ0v) is 17.1. The minimum absolute atomic E-state index is 0.105. The Morgan fingerprint density at radius 1 is 1.34 bits per heavy atom. The van der Waals surface area contributed by atoms with Gasteiger partial charge < -0.3 is 19.5 Å². The summed E-state index contributed by atoms with van der Waals surface area (Å²) in [6.07, 6.45) is 5.97. The van der Waals surface area contributed by atoms with E-state index >= 15 is 0 Å². The first-order valence-electron chi connectivity index (χ1n) is 9.71. The zero-order valence-electron chi connectivity index (χ0n) is 16.3. The Morgan fingerprint density at radius 2 is 2.14 bits per heavy atom. The van der Waals surface area contributed by atoms with Crippen LogP contribution in [0.5, 0.6) is 6.01 Å². The summed E-state index contributed by atoms with van der Waals surface area (Å²) in [5.41, 5.74) is 2.13. The highest BCUT2D eigenvalue weighted by atomic mass is 32.1. The van der Waals surface area contributed by atoms with Crippen molar-refractivity contribution in [2.45, 2.75) is 18.9 Å². The molecule has 0 bridgehead atoms. The van der Waals surface area contributed by atoms with Gasteiger partial charge in [-0.25, -0.2) is 9.78 Å². The van der Waals surface area contributed by atoms with Crippen LogP contribution in [0, 0.1) is 11.8 Å². The molecule has 0 spiro atoms. The highest BCUT2D eigenvalue weighted by molar-refractivity contribution is 7.10. The largest absolute Gasteiger partial charge is 0.466 e. The van der Waals surface area contributed by atoms with Crippen LogP contribution in [-0.4, -0.2) is 63.5 Å². The number of fused-ring (bicyclic) bond motifs is 2. The van der Waals surface area contributed by atoms with Crippen LogP contribution in [0.25, 0.3) is 11.0 Å². The molecule has 9 nitrogen and oxygen atoms in total. The molecule has 2 fully saturated rings. The number of nitrogens with zero attached hydrogens (tertiary/aromatic N) is 5. The Bertz CT molecular complexity index is 1020. The Kier molecular flexibility index (Phi) is 4.50.